The second kappa shape index (κ2) is 16.9. The van der Waals surface area contributed by atoms with E-state index in [2.05, 4.69) is 12.1 Å². The van der Waals surface area contributed by atoms with Crippen LogP contribution in [0.5, 0.6) is 0 Å². The molecule has 0 heterocycles. The molecule has 0 spiro atoms. The van der Waals surface area contributed by atoms with Gasteiger partial charge in [0.1, 0.15) is 21.2 Å². The first kappa shape index (κ1) is 27.0. The molecule has 160 valence electrons. The van der Waals surface area contributed by atoms with Crippen molar-refractivity contribution in [1.29, 1.82) is 0 Å². The van der Waals surface area contributed by atoms with Gasteiger partial charge in [-0.15, -0.1) is 4.31 Å². The summed E-state index contributed by atoms with van der Waals surface area (Å²) >= 11 is 1.60. The van der Waals surface area contributed by atoms with Gasteiger partial charge in [-0.05, 0) is 26.5 Å². The molecule has 0 saturated heterocycles. The third-order valence-corrected chi connectivity index (χ3v) is 8.37. The molecule has 0 saturated carbocycles. The van der Waals surface area contributed by atoms with E-state index in [1.807, 2.05) is 20.1 Å². The number of oxime groups is 1. The first-order chi connectivity index (χ1) is 12.8. The van der Waals surface area contributed by atoms with Gasteiger partial charge < -0.3 is 4.55 Å². The van der Waals surface area contributed by atoms with E-state index in [0.717, 1.165) is 22.9 Å². The van der Waals surface area contributed by atoms with Gasteiger partial charge >= 0.3 is 6.09 Å². The van der Waals surface area contributed by atoms with E-state index in [9.17, 15) is 9.35 Å². The first-order valence-electron chi connectivity index (χ1n) is 9.93. The highest BCUT2D eigenvalue weighted by molar-refractivity contribution is 8.71. The van der Waals surface area contributed by atoms with Gasteiger partial charge in [-0.1, -0.05) is 69.9 Å². The van der Waals surface area contributed by atoms with E-state index in [0.29, 0.717) is 0 Å². The summed E-state index contributed by atoms with van der Waals surface area (Å²) in [4.78, 5) is 16.6. The molecule has 0 aliphatic rings. The molecule has 0 aromatic rings. The lowest BCUT2D eigenvalue weighted by Gasteiger charge is -2.17. The van der Waals surface area contributed by atoms with E-state index in [4.69, 9.17) is 4.84 Å². The molecule has 1 unspecified atom stereocenters. The van der Waals surface area contributed by atoms with Crippen LogP contribution < -0.4 is 0 Å². The average molecular weight is 439 g/mol. The Balaban J connectivity index is 3.71. The Bertz CT molecular complexity index is 410. The van der Waals surface area contributed by atoms with Gasteiger partial charge in [0.05, 0.1) is 13.3 Å². The van der Waals surface area contributed by atoms with Crippen molar-refractivity contribution in [3.63, 3.8) is 0 Å². The number of nitrogens with zero attached hydrogens (tertiary/aromatic N) is 2. The van der Waals surface area contributed by atoms with Gasteiger partial charge in [-0.25, -0.2) is 4.79 Å². The van der Waals surface area contributed by atoms with Gasteiger partial charge in [-0.2, -0.15) is 11.8 Å². The summed E-state index contributed by atoms with van der Waals surface area (Å²) in [6.45, 7) is 6.19. The van der Waals surface area contributed by atoms with E-state index in [1.54, 1.807) is 18.0 Å². The number of carbonyl (C=O) groups excluding carboxylic acids is 1. The summed E-state index contributed by atoms with van der Waals surface area (Å²) in [5, 5.41) is 3.70. The molecule has 1 amide bonds. The maximum atomic E-state index is 12.1. The van der Waals surface area contributed by atoms with Crippen LogP contribution in [0.25, 0.3) is 0 Å². The largest absolute Gasteiger partial charge is 0.581 e. The van der Waals surface area contributed by atoms with Crippen LogP contribution in [0.4, 0.5) is 4.79 Å². The van der Waals surface area contributed by atoms with Crippen molar-refractivity contribution in [2.45, 2.75) is 89.7 Å². The zero-order chi connectivity index (χ0) is 20.5. The fraction of sp³-hybridized carbons (Fsp3) is 0.895. The van der Waals surface area contributed by atoms with Crippen molar-refractivity contribution >= 4 is 45.3 Å². The smallest absolute Gasteiger partial charge is 0.478 e. The number of hydrogen-bond donors (Lipinski definition) is 0. The highest BCUT2D eigenvalue weighted by Crippen LogP contribution is 2.21. The molecule has 1 atom stereocenters. The molecule has 0 aromatic heterocycles. The normalized spacial score (nSPS) is 13.1. The lowest BCUT2D eigenvalue weighted by Crippen LogP contribution is -2.31. The van der Waals surface area contributed by atoms with Crippen LogP contribution in [0.2, 0.25) is 0 Å². The van der Waals surface area contributed by atoms with Crippen molar-refractivity contribution < 1.29 is 14.2 Å². The molecule has 0 bridgehead atoms. The number of carbonyl (C=O) groups is 1. The molecule has 8 heteroatoms. The van der Waals surface area contributed by atoms with E-state index >= 15 is 0 Å². The van der Waals surface area contributed by atoms with Gasteiger partial charge in [0.15, 0.2) is 0 Å². The average Bonchev–Trinajstić information content (AvgIpc) is 2.65. The molecule has 27 heavy (non-hydrogen) atoms. The third kappa shape index (κ3) is 15.5. The minimum atomic E-state index is -1.44. The molecule has 0 rings (SSSR count). The predicted octanol–water partition coefficient (Wildman–Crippen LogP) is 6.42. The van der Waals surface area contributed by atoms with Crippen molar-refractivity contribution in [1.82, 2.24) is 4.31 Å². The Morgan fingerprint density at radius 2 is 1.63 bits per heavy atom. The second-order valence-corrected chi connectivity index (χ2v) is 11.8. The molecular formula is C19H38N2O3S3. The Hall–Kier alpha value is -0.0500. The van der Waals surface area contributed by atoms with Crippen molar-refractivity contribution in [2.24, 2.45) is 5.16 Å². The van der Waals surface area contributed by atoms with Crippen molar-refractivity contribution in [2.75, 3.05) is 19.1 Å². The molecule has 0 radical (unpaired) electrons. The van der Waals surface area contributed by atoms with Gasteiger partial charge in [-0.3, -0.25) is 4.84 Å². The zero-order valence-electron chi connectivity index (χ0n) is 17.7. The fourth-order valence-electron chi connectivity index (χ4n) is 2.17. The lowest BCUT2D eigenvalue weighted by molar-refractivity contribution is 0.135. The highest BCUT2D eigenvalue weighted by atomic mass is 33.1. The zero-order valence-corrected chi connectivity index (χ0v) is 20.1. The number of rotatable bonds is 16. The summed E-state index contributed by atoms with van der Waals surface area (Å²) in [6, 6.07) is 0. The number of thioether (sulfide) groups is 1. The molecule has 0 N–H and O–H groups in total. The highest BCUT2D eigenvalue weighted by Gasteiger charge is 2.25. The number of unbranched alkanes of at least 4 members (excludes halogenated alkanes) is 9. The molecule has 5 nitrogen and oxygen atoms in total. The van der Waals surface area contributed by atoms with Crippen LogP contribution >= 0.6 is 22.6 Å². The quantitative estimate of drug-likeness (QED) is 0.0695. The third-order valence-electron chi connectivity index (χ3n) is 4.18. The monoisotopic (exact) mass is 438 g/mol. The summed E-state index contributed by atoms with van der Waals surface area (Å²) in [6.07, 6.45) is 15.6. The Kier molecular flexibility index (Phi) is 16.8. The van der Waals surface area contributed by atoms with E-state index in [1.165, 1.54) is 69.2 Å². The van der Waals surface area contributed by atoms with Crippen LogP contribution in [0.15, 0.2) is 5.16 Å². The minimum absolute atomic E-state index is 0.206. The first-order valence-corrected chi connectivity index (χ1v) is 13.8. The van der Waals surface area contributed by atoms with Crippen molar-refractivity contribution in [3.8, 4) is 0 Å². The predicted molar refractivity (Wildman–Crippen MR) is 123 cm³/mol. The molecule has 0 fully saturated rings. The Morgan fingerprint density at radius 1 is 1.11 bits per heavy atom. The lowest BCUT2D eigenvalue weighted by atomic mass is 10.1. The molecule has 0 aromatic carbocycles. The van der Waals surface area contributed by atoms with Gasteiger partial charge in [0.25, 0.3) is 0 Å². The van der Waals surface area contributed by atoms with Crippen LogP contribution in [-0.4, -0.2) is 45.0 Å². The Labute approximate surface area is 177 Å². The second-order valence-electron chi connectivity index (χ2n) is 7.12. The molecule has 0 aliphatic heterocycles. The van der Waals surface area contributed by atoms with Crippen molar-refractivity contribution in [3.05, 3.63) is 0 Å². The Morgan fingerprint density at radius 3 is 2.15 bits per heavy atom. The fourth-order valence-corrected chi connectivity index (χ4v) is 4.53. The van der Waals surface area contributed by atoms with E-state index in [-0.39, 0.29) is 4.75 Å². The van der Waals surface area contributed by atoms with Gasteiger partial charge in [0, 0.05) is 10.5 Å². The van der Waals surface area contributed by atoms with Crippen LogP contribution in [0.1, 0.15) is 85.0 Å². The molecule has 0 aliphatic carbocycles. The number of amides is 1. The molecular weight excluding hydrogens is 400 g/mol. The number of hydrogen-bond acceptors (Lipinski definition) is 6. The van der Waals surface area contributed by atoms with E-state index < -0.39 is 16.5 Å². The minimum Gasteiger partial charge on any atom is -0.581 e. The van der Waals surface area contributed by atoms with Gasteiger partial charge in [0.2, 0.25) is 0 Å². The summed E-state index contributed by atoms with van der Waals surface area (Å²) in [5.74, 6) is 0.781. The SMILES string of the molecule is CCCCCCCCCCCCS[S+]([O-])N(C)C(=O)O/N=C/C(C)(C)SC. The summed E-state index contributed by atoms with van der Waals surface area (Å²) in [5.41, 5.74) is 0. The summed E-state index contributed by atoms with van der Waals surface area (Å²) < 4.78 is 13.0. The van der Waals surface area contributed by atoms with Crippen LogP contribution in [0, 0.1) is 0 Å². The van der Waals surface area contributed by atoms with Crippen LogP contribution in [0.3, 0.4) is 0 Å². The van der Waals surface area contributed by atoms with Crippen LogP contribution in [-0.2, 0) is 15.2 Å². The summed E-state index contributed by atoms with van der Waals surface area (Å²) in [7, 11) is 1.31. The topological polar surface area (TPSA) is 65.0 Å². The standard InChI is InChI=1S/C19H38N2O3S3/c1-6-7-8-9-10-11-12-13-14-15-16-26-27(23)21(4)18(22)24-20-17-19(2,3)25-5/h17H,6-16H2,1-5H3/b20-17+. The maximum Gasteiger partial charge on any atom is 0.478 e. The maximum absolute atomic E-state index is 12.1.